The minimum Gasteiger partial charge on any atom is -0.494 e. The van der Waals surface area contributed by atoms with Gasteiger partial charge >= 0.3 is 0 Å². The third kappa shape index (κ3) is 3.41. The highest BCUT2D eigenvalue weighted by Crippen LogP contribution is 2.42. The van der Waals surface area contributed by atoms with Crippen LogP contribution < -0.4 is 15.1 Å². The van der Waals surface area contributed by atoms with E-state index in [-0.39, 0.29) is 17.1 Å². The van der Waals surface area contributed by atoms with Gasteiger partial charge in [0.2, 0.25) is 5.76 Å². The molecule has 4 aromatic rings. The van der Waals surface area contributed by atoms with Crippen LogP contribution >= 0.6 is 0 Å². The largest absolute Gasteiger partial charge is 0.494 e. The van der Waals surface area contributed by atoms with E-state index in [1.807, 2.05) is 82.3 Å². The fourth-order valence-electron chi connectivity index (χ4n) is 4.46. The predicted molar refractivity (Wildman–Crippen MR) is 129 cm³/mol. The molecule has 1 aliphatic rings. The summed E-state index contributed by atoms with van der Waals surface area (Å²) in [6.45, 7) is 8.47. The number of anilines is 1. The molecule has 166 valence electrons. The van der Waals surface area contributed by atoms with E-state index in [0.29, 0.717) is 23.1 Å². The summed E-state index contributed by atoms with van der Waals surface area (Å²) in [5.41, 5.74) is 5.34. The monoisotopic (exact) mass is 439 g/mol. The fourth-order valence-corrected chi connectivity index (χ4v) is 4.46. The molecule has 1 atom stereocenters. The smallest absolute Gasteiger partial charge is 0.295 e. The summed E-state index contributed by atoms with van der Waals surface area (Å²) in [6, 6.07) is 18.3. The topological polar surface area (TPSA) is 59.8 Å². The number of carbonyl (C=O) groups excluding carboxylic acids is 1. The van der Waals surface area contributed by atoms with E-state index < -0.39 is 6.04 Å². The molecule has 3 aromatic carbocycles. The summed E-state index contributed by atoms with van der Waals surface area (Å²) in [4.78, 5) is 29.1. The van der Waals surface area contributed by atoms with Gasteiger partial charge in [0.05, 0.1) is 23.6 Å². The summed E-state index contributed by atoms with van der Waals surface area (Å²) in [6.07, 6.45) is 0. The van der Waals surface area contributed by atoms with Crippen molar-refractivity contribution in [1.29, 1.82) is 0 Å². The van der Waals surface area contributed by atoms with Gasteiger partial charge in [0.25, 0.3) is 5.91 Å². The summed E-state index contributed by atoms with van der Waals surface area (Å²) >= 11 is 0. The fraction of sp³-hybridized carbons (Fsp3) is 0.214. The highest BCUT2D eigenvalue weighted by Gasteiger charge is 2.43. The first-order valence-corrected chi connectivity index (χ1v) is 11.1. The minimum absolute atomic E-state index is 0.105. The van der Waals surface area contributed by atoms with Crippen molar-refractivity contribution in [3.63, 3.8) is 0 Å². The Morgan fingerprint density at radius 2 is 1.67 bits per heavy atom. The van der Waals surface area contributed by atoms with Crippen LogP contribution in [0.2, 0.25) is 0 Å². The van der Waals surface area contributed by atoms with Crippen molar-refractivity contribution in [2.24, 2.45) is 0 Å². The Labute approximate surface area is 192 Å². The number of nitrogens with zero attached hydrogens (tertiary/aromatic N) is 1. The van der Waals surface area contributed by atoms with Gasteiger partial charge in [0.15, 0.2) is 5.43 Å². The number of hydrogen-bond acceptors (Lipinski definition) is 4. The number of carbonyl (C=O) groups is 1. The van der Waals surface area contributed by atoms with Crippen LogP contribution in [0.1, 0.15) is 51.3 Å². The Morgan fingerprint density at radius 1 is 0.909 bits per heavy atom. The van der Waals surface area contributed by atoms with Crippen molar-refractivity contribution in [1.82, 2.24) is 0 Å². The van der Waals surface area contributed by atoms with Gasteiger partial charge in [-0.25, -0.2) is 0 Å². The molecule has 5 heteroatoms. The molecular weight excluding hydrogens is 414 g/mol. The molecule has 1 amide bonds. The number of amides is 1. The van der Waals surface area contributed by atoms with Gasteiger partial charge in [-0.2, -0.15) is 0 Å². The van der Waals surface area contributed by atoms with Crippen LogP contribution in [0, 0.1) is 20.8 Å². The van der Waals surface area contributed by atoms with E-state index >= 15 is 0 Å². The Hall–Kier alpha value is -3.86. The number of hydrogen-bond donors (Lipinski definition) is 0. The van der Waals surface area contributed by atoms with Gasteiger partial charge in [-0.1, -0.05) is 29.8 Å². The highest BCUT2D eigenvalue weighted by molar-refractivity contribution is 6.10. The zero-order valence-corrected chi connectivity index (χ0v) is 19.1. The Balaban J connectivity index is 1.77. The van der Waals surface area contributed by atoms with E-state index in [9.17, 15) is 9.59 Å². The second-order valence-corrected chi connectivity index (χ2v) is 8.52. The summed E-state index contributed by atoms with van der Waals surface area (Å²) in [7, 11) is 0. The molecule has 33 heavy (non-hydrogen) atoms. The molecule has 2 heterocycles. The van der Waals surface area contributed by atoms with Crippen LogP contribution in [-0.2, 0) is 0 Å². The molecule has 5 nitrogen and oxygen atoms in total. The van der Waals surface area contributed by atoms with Crippen LogP contribution in [0.5, 0.6) is 5.75 Å². The van der Waals surface area contributed by atoms with Crippen molar-refractivity contribution >= 4 is 22.6 Å². The quantitative estimate of drug-likeness (QED) is 0.399. The number of ether oxygens (including phenoxy) is 1. The van der Waals surface area contributed by atoms with Crippen molar-refractivity contribution in [3.8, 4) is 5.75 Å². The number of benzene rings is 3. The van der Waals surface area contributed by atoms with Gasteiger partial charge in [0, 0.05) is 5.69 Å². The first-order chi connectivity index (χ1) is 15.9. The van der Waals surface area contributed by atoms with Crippen LogP contribution in [0.15, 0.2) is 69.9 Å². The van der Waals surface area contributed by atoms with Crippen molar-refractivity contribution in [3.05, 3.63) is 104 Å². The maximum atomic E-state index is 13.7. The molecule has 1 aliphatic heterocycles. The third-order valence-electron chi connectivity index (χ3n) is 6.30. The number of fused-ring (bicyclic) bond motifs is 2. The summed E-state index contributed by atoms with van der Waals surface area (Å²) < 4.78 is 11.6. The molecule has 0 N–H and O–H groups in total. The molecule has 5 rings (SSSR count). The maximum absolute atomic E-state index is 13.7. The molecule has 0 bridgehead atoms. The Bertz CT molecular complexity index is 1450. The van der Waals surface area contributed by atoms with E-state index in [1.54, 1.807) is 11.0 Å². The predicted octanol–water partition coefficient (Wildman–Crippen LogP) is 5.87. The first-order valence-electron chi connectivity index (χ1n) is 11.1. The standard InChI is InChI=1S/C28H25NO4/c1-5-32-21-11-8-19(9-12-21)25-24-26(30)22-14-16(2)6-13-23(22)33-27(24)28(31)29(25)20-10-7-17(3)18(4)15-20/h6-15,25H,5H2,1-4H3. The number of aryl methyl sites for hydroxylation is 3. The van der Waals surface area contributed by atoms with E-state index in [4.69, 9.17) is 9.15 Å². The normalized spacial score (nSPS) is 15.2. The lowest BCUT2D eigenvalue weighted by Crippen LogP contribution is -2.29. The van der Waals surface area contributed by atoms with Crippen molar-refractivity contribution in [2.75, 3.05) is 11.5 Å². The molecular formula is C28H25NO4. The van der Waals surface area contributed by atoms with Crippen LogP contribution in [0.3, 0.4) is 0 Å². The van der Waals surface area contributed by atoms with E-state index in [2.05, 4.69) is 0 Å². The van der Waals surface area contributed by atoms with Gasteiger partial charge in [-0.3, -0.25) is 14.5 Å². The van der Waals surface area contributed by atoms with Crippen LogP contribution in [0.4, 0.5) is 5.69 Å². The molecule has 0 saturated heterocycles. The number of rotatable bonds is 4. The average Bonchev–Trinajstić information content (AvgIpc) is 3.09. The molecule has 1 aromatic heterocycles. The lowest BCUT2D eigenvalue weighted by atomic mass is 9.97. The summed E-state index contributed by atoms with van der Waals surface area (Å²) in [5.74, 6) is 0.532. The summed E-state index contributed by atoms with van der Waals surface area (Å²) in [5, 5.41) is 0.486. The molecule has 0 fully saturated rings. The maximum Gasteiger partial charge on any atom is 0.295 e. The molecule has 0 spiro atoms. The third-order valence-corrected chi connectivity index (χ3v) is 6.30. The van der Waals surface area contributed by atoms with Gasteiger partial charge in [0.1, 0.15) is 11.3 Å². The highest BCUT2D eigenvalue weighted by atomic mass is 16.5. The molecule has 0 aliphatic carbocycles. The molecule has 0 radical (unpaired) electrons. The van der Waals surface area contributed by atoms with Gasteiger partial charge in [-0.05, 0) is 80.8 Å². The van der Waals surface area contributed by atoms with Crippen molar-refractivity contribution in [2.45, 2.75) is 33.7 Å². The van der Waals surface area contributed by atoms with Crippen LogP contribution in [-0.4, -0.2) is 12.5 Å². The zero-order chi connectivity index (χ0) is 23.3. The lowest BCUT2D eigenvalue weighted by molar-refractivity contribution is 0.0971. The molecule has 0 saturated carbocycles. The second kappa shape index (κ2) is 7.93. The van der Waals surface area contributed by atoms with Crippen LogP contribution in [0.25, 0.3) is 11.0 Å². The van der Waals surface area contributed by atoms with Gasteiger partial charge in [-0.15, -0.1) is 0 Å². The van der Waals surface area contributed by atoms with Crippen molar-refractivity contribution < 1.29 is 13.9 Å². The lowest BCUT2D eigenvalue weighted by Gasteiger charge is -2.26. The average molecular weight is 440 g/mol. The van der Waals surface area contributed by atoms with E-state index in [0.717, 1.165) is 33.7 Å². The Morgan fingerprint density at radius 3 is 2.36 bits per heavy atom. The first kappa shape index (κ1) is 21.0. The second-order valence-electron chi connectivity index (χ2n) is 8.52. The SMILES string of the molecule is CCOc1ccc(C2c3c(oc4ccc(C)cc4c3=O)C(=O)N2c2ccc(C)c(C)c2)cc1. The molecule has 1 unspecified atom stereocenters. The van der Waals surface area contributed by atoms with E-state index in [1.165, 1.54) is 0 Å². The van der Waals surface area contributed by atoms with Gasteiger partial charge < -0.3 is 9.15 Å². The Kier molecular flexibility index (Phi) is 5.05. The zero-order valence-electron chi connectivity index (χ0n) is 19.1. The minimum atomic E-state index is -0.591.